The summed E-state index contributed by atoms with van der Waals surface area (Å²) in [5.41, 5.74) is 2.76. The highest BCUT2D eigenvalue weighted by Crippen LogP contribution is 2.26. The second kappa shape index (κ2) is 13.8. The maximum atomic E-state index is 13.3. The van der Waals surface area contributed by atoms with Crippen LogP contribution in [0.25, 0.3) is 21.9 Å². The SMILES string of the molecule is COc1ccc2[nH]cc(CCNC(=O)C(CC(C)C)NC(=O)c3cc(=O)c4c(OCc5ccc(Br)cc5)cccc4o3)c2c1. The predicted molar refractivity (Wildman–Crippen MR) is 173 cm³/mol. The lowest BCUT2D eigenvalue weighted by Gasteiger charge is -2.20. The number of carbonyl (C=O) groups excluding carboxylic acids is 2. The lowest BCUT2D eigenvalue weighted by molar-refractivity contribution is -0.123. The first-order chi connectivity index (χ1) is 21.2. The Hall–Kier alpha value is -4.57. The van der Waals surface area contributed by atoms with Gasteiger partial charge in [0.15, 0.2) is 11.2 Å². The highest BCUT2D eigenvalue weighted by molar-refractivity contribution is 9.10. The summed E-state index contributed by atoms with van der Waals surface area (Å²) >= 11 is 3.41. The van der Waals surface area contributed by atoms with Crippen molar-refractivity contribution in [2.24, 2.45) is 5.92 Å². The van der Waals surface area contributed by atoms with Crippen LogP contribution in [0, 0.1) is 5.92 Å². The summed E-state index contributed by atoms with van der Waals surface area (Å²) in [6.45, 7) is 4.57. The maximum Gasteiger partial charge on any atom is 0.287 e. The van der Waals surface area contributed by atoms with Gasteiger partial charge in [0.1, 0.15) is 35.1 Å². The van der Waals surface area contributed by atoms with E-state index in [0.717, 1.165) is 38.3 Å². The highest BCUT2D eigenvalue weighted by atomic mass is 79.9. The molecule has 0 aliphatic carbocycles. The van der Waals surface area contributed by atoms with E-state index in [9.17, 15) is 14.4 Å². The van der Waals surface area contributed by atoms with Gasteiger partial charge in [0.05, 0.1) is 7.11 Å². The topological polar surface area (TPSA) is 123 Å². The van der Waals surface area contributed by atoms with Gasteiger partial charge in [-0.2, -0.15) is 0 Å². The summed E-state index contributed by atoms with van der Waals surface area (Å²) in [5.74, 6) is 0.109. The number of methoxy groups -OCH3 is 1. The van der Waals surface area contributed by atoms with E-state index in [1.54, 1.807) is 25.3 Å². The van der Waals surface area contributed by atoms with Crippen LogP contribution in [0.3, 0.4) is 0 Å². The molecule has 10 heteroatoms. The number of hydrogen-bond donors (Lipinski definition) is 3. The van der Waals surface area contributed by atoms with E-state index in [1.807, 2.05) is 62.5 Å². The second-order valence-electron chi connectivity index (χ2n) is 10.9. The fraction of sp³-hybridized carbons (Fsp3) is 0.265. The summed E-state index contributed by atoms with van der Waals surface area (Å²) in [7, 11) is 1.62. The van der Waals surface area contributed by atoms with Gasteiger partial charge in [0, 0.05) is 34.2 Å². The molecule has 3 aromatic carbocycles. The number of aromatic amines is 1. The number of hydrogen-bond acceptors (Lipinski definition) is 6. The van der Waals surface area contributed by atoms with Crippen LogP contribution < -0.4 is 25.5 Å². The van der Waals surface area contributed by atoms with Crippen LogP contribution in [-0.2, 0) is 17.8 Å². The standard InChI is InChI=1S/C34H34BrN3O6/c1-20(2)15-27(33(40)36-14-13-22-18-37-26-12-11-24(42-3)16-25(22)26)38-34(41)31-17-28(39)32-29(5-4-6-30(32)44-31)43-19-21-7-9-23(35)10-8-21/h4-12,16-18,20,27,37H,13-15,19H2,1-3H3,(H,36,40)(H,38,41). The van der Waals surface area contributed by atoms with Crippen molar-refractivity contribution >= 4 is 49.6 Å². The van der Waals surface area contributed by atoms with Gasteiger partial charge in [-0.15, -0.1) is 0 Å². The van der Waals surface area contributed by atoms with Crippen LogP contribution >= 0.6 is 15.9 Å². The molecule has 9 nitrogen and oxygen atoms in total. The smallest absolute Gasteiger partial charge is 0.287 e. The summed E-state index contributed by atoms with van der Waals surface area (Å²) in [5, 5.41) is 6.98. The van der Waals surface area contributed by atoms with E-state index in [0.29, 0.717) is 25.1 Å². The first kappa shape index (κ1) is 30.9. The van der Waals surface area contributed by atoms with Gasteiger partial charge in [-0.25, -0.2) is 0 Å². The third kappa shape index (κ3) is 7.31. The number of rotatable bonds is 12. The molecular formula is C34H34BrN3O6. The van der Waals surface area contributed by atoms with Crippen molar-refractivity contribution in [1.82, 2.24) is 15.6 Å². The average molecular weight is 661 g/mol. The van der Waals surface area contributed by atoms with Crippen LogP contribution in [-0.4, -0.2) is 36.5 Å². The van der Waals surface area contributed by atoms with E-state index in [1.165, 1.54) is 0 Å². The third-order valence-electron chi connectivity index (χ3n) is 7.24. The zero-order valence-corrected chi connectivity index (χ0v) is 26.3. The number of fused-ring (bicyclic) bond motifs is 2. The molecule has 2 aromatic heterocycles. The molecule has 0 saturated carbocycles. The summed E-state index contributed by atoms with van der Waals surface area (Å²) in [6.07, 6.45) is 2.92. The highest BCUT2D eigenvalue weighted by Gasteiger charge is 2.24. The largest absolute Gasteiger partial charge is 0.497 e. The van der Waals surface area contributed by atoms with Crippen molar-refractivity contribution in [2.75, 3.05) is 13.7 Å². The Morgan fingerprint density at radius 1 is 1.05 bits per heavy atom. The molecule has 0 bridgehead atoms. The van der Waals surface area contributed by atoms with Gasteiger partial charge >= 0.3 is 0 Å². The van der Waals surface area contributed by atoms with E-state index in [2.05, 4.69) is 31.5 Å². The molecule has 0 radical (unpaired) electrons. The van der Waals surface area contributed by atoms with Gasteiger partial charge in [-0.1, -0.05) is 48.0 Å². The van der Waals surface area contributed by atoms with Crippen molar-refractivity contribution in [1.29, 1.82) is 0 Å². The fourth-order valence-electron chi connectivity index (χ4n) is 5.02. The molecule has 0 aliphatic heterocycles. The molecule has 0 fully saturated rings. The normalized spacial score (nSPS) is 11.9. The molecule has 1 unspecified atom stereocenters. The number of H-pyrrole nitrogens is 1. The molecule has 5 rings (SSSR count). The van der Waals surface area contributed by atoms with Gasteiger partial charge in [0.2, 0.25) is 5.91 Å². The van der Waals surface area contributed by atoms with Gasteiger partial charge in [-0.05, 0) is 72.4 Å². The summed E-state index contributed by atoms with van der Waals surface area (Å²) < 4.78 is 18.1. The minimum absolute atomic E-state index is 0.126. The first-order valence-electron chi connectivity index (χ1n) is 14.4. The Morgan fingerprint density at radius 2 is 1.84 bits per heavy atom. The van der Waals surface area contributed by atoms with E-state index < -0.39 is 17.4 Å². The number of benzene rings is 3. The Labute approximate surface area is 263 Å². The van der Waals surface area contributed by atoms with E-state index in [-0.39, 0.29) is 35.2 Å². The van der Waals surface area contributed by atoms with Gasteiger partial charge < -0.3 is 29.5 Å². The number of aromatic nitrogens is 1. The molecule has 2 amide bonds. The molecule has 3 N–H and O–H groups in total. The Kier molecular flexibility index (Phi) is 9.69. The molecule has 0 spiro atoms. The zero-order valence-electron chi connectivity index (χ0n) is 24.7. The number of halogens is 1. The van der Waals surface area contributed by atoms with Crippen LogP contribution in [0.15, 0.2) is 86.6 Å². The Bertz CT molecular complexity index is 1840. The predicted octanol–water partition coefficient (Wildman–Crippen LogP) is 6.13. The molecule has 0 saturated heterocycles. The zero-order chi connectivity index (χ0) is 31.2. The van der Waals surface area contributed by atoms with E-state index >= 15 is 0 Å². The van der Waals surface area contributed by atoms with Crippen molar-refractivity contribution in [3.63, 3.8) is 0 Å². The van der Waals surface area contributed by atoms with Gasteiger partial charge in [0.25, 0.3) is 5.91 Å². The quantitative estimate of drug-likeness (QED) is 0.148. The molecular weight excluding hydrogens is 626 g/mol. The molecule has 0 aliphatic rings. The summed E-state index contributed by atoms with van der Waals surface area (Å²) in [6, 6.07) is 18.8. The van der Waals surface area contributed by atoms with Crippen molar-refractivity contribution < 1.29 is 23.5 Å². The molecule has 2 heterocycles. The van der Waals surface area contributed by atoms with Crippen LogP contribution in [0.2, 0.25) is 0 Å². The Balaban J connectivity index is 1.26. The van der Waals surface area contributed by atoms with Crippen molar-refractivity contribution in [3.05, 3.63) is 105 Å². The lowest BCUT2D eigenvalue weighted by Crippen LogP contribution is -2.48. The fourth-order valence-corrected chi connectivity index (χ4v) is 5.28. The number of nitrogens with one attached hydrogen (secondary N) is 3. The monoisotopic (exact) mass is 659 g/mol. The van der Waals surface area contributed by atoms with Crippen LogP contribution in [0.4, 0.5) is 0 Å². The van der Waals surface area contributed by atoms with Crippen LogP contribution in [0.1, 0.15) is 41.9 Å². The van der Waals surface area contributed by atoms with Crippen molar-refractivity contribution in [3.8, 4) is 11.5 Å². The molecule has 44 heavy (non-hydrogen) atoms. The summed E-state index contributed by atoms with van der Waals surface area (Å²) in [4.78, 5) is 42.8. The minimum atomic E-state index is -0.813. The minimum Gasteiger partial charge on any atom is -0.497 e. The van der Waals surface area contributed by atoms with Crippen molar-refractivity contribution in [2.45, 2.75) is 39.3 Å². The van der Waals surface area contributed by atoms with Gasteiger partial charge in [-0.3, -0.25) is 14.4 Å². The lowest BCUT2D eigenvalue weighted by atomic mass is 10.0. The number of carbonyl (C=O) groups is 2. The van der Waals surface area contributed by atoms with Crippen LogP contribution in [0.5, 0.6) is 11.5 Å². The second-order valence-corrected chi connectivity index (χ2v) is 11.9. The Morgan fingerprint density at radius 3 is 2.59 bits per heavy atom. The average Bonchev–Trinajstić information content (AvgIpc) is 3.41. The molecule has 228 valence electrons. The van der Waals surface area contributed by atoms with E-state index in [4.69, 9.17) is 13.9 Å². The third-order valence-corrected chi connectivity index (χ3v) is 7.77. The number of ether oxygens (including phenoxy) is 2. The molecule has 5 aromatic rings. The molecule has 1 atom stereocenters. The first-order valence-corrected chi connectivity index (χ1v) is 15.2. The maximum absolute atomic E-state index is 13.3. The number of amides is 2.